The van der Waals surface area contributed by atoms with Crippen molar-refractivity contribution in [3.8, 4) is 0 Å². The van der Waals surface area contributed by atoms with Gasteiger partial charge in [0, 0.05) is 6.61 Å². The van der Waals surface area contributed by atoms with Crippen LogP contribution in [0.25, 0.3) is 0 Å². The molecule has 1 rings (SSSR count). The first-order valence-corrected chi connectivity index (χ1v) is 5.05. The normalized spacial score (nSPS) is 40.2. The summed E-state index contributed by atoms with van der Waals surface area (Å²) in [6, 6.07) is 0. The molecule has 0 aliphatic heterocycles. The van der Waals surface area contributed by atoms with Crippen LogP contribution in [-0.2, 0) is 0 Å². The van der Waals surface area contributed by atoms with Crippen molar-refractivity contribution < 1.29 is 15.3 Å². The zero-order valence-corrected chi connectivity index (χ0v) is 8.35. The fraction of sp³-hybridized carbons (Fsp3) is 1.00. The molecule has 1 saturated carbocycles. The van der Waals surface area contributed by atoms with Crippen molar-refractivity contribution in [2.75, 3.05) is 6.61 Å². The molecule has 78 valence electrons. The van der Waals surface area contributed by atoms with Crippen LogP contribution >= 0.6 is 0 Å². The highest BCUT2D eigenvalue weighted by Crippen LogP contribution is 2.37. The summed E-state index contributed by atoms with van der Waals surface area (Å²) < 4.78 is 0. The molecule has 0 aromatic heterocycles. The second-order valence-electron chi connectivity index (χ2n) is 4.40. The summed E-state index contributed by atoms with van der Waals surface area (Å²) in [5.41, 5.74) is 0. The van der Waals surface area contributed by atoms with Crippen LogP contribution in [-0.4, -0.2) is 34.1 Å². The molecule has 1 aliphatic rings. The summed E-state index contributed by atoms with van der Waals surface area (Å²) >= 11 is 0. The number of rotatable bonds is 3. The second-order valence-corrected chi connectivity index (χ2v) is 4.40. The summed E-state index contributed by atoms with van der Waals surface area (Å²) in [6.07, 6.45) is 0.193. The van der Waals surface area contributed by atoms with E-state index in [1.165, 1.54) is 0 Å². The third-order valence-corrected chi connectivity index (χ3v) is 3.20. The third-order valence-electron chi connectivity index (χ3n) is 3.20. The summed E-state index contributed by atoms with van der Waals surface area (Å²) in [5, 5.41) is 28.1. The van der Waals surface area contributed by atoms with Crippen molar-refractivity contribution in [1.82, 2.24) is 0 Å². The van der Waals surface area contributed by atoms with Crippen molar-refractivity contribution >= 4 is 0 Å². The van der Waals surface area contributed by atoms with Gasteiger partial charge in [0.1, 0.15) is 0 Å². The number of hydrogen-bond acceptors (Lipinski definition) is 3. The lowest BCUT2D eigenvalue weighted by Gasteiger charge is -2.19. The maximum absolute atomic E-state index is 9.69. The largest absolute Gasteiger partial charge is 0.396 e. The lowest BCUT2D eigenvalue weighted by Crippen LogP contribution is -2.30. The summed E-state index contributed by atoms with van der Waals surface area (Å²) in [5.74, 6) is 0.660. The molecule has 3 N–H and O–H groups in total. The highest BCUT2D eigenvalue weighted by atomic mass is 16.3. The van der Waals surface area contributed by atoms with E-state index in [-0.39, 0.29) is 18.4 Å². The van der Waals surface area contributed by atoms with Gasteiger partial charge in [0.2, 0.25) is 0 Å². The average Bonchev–Trinajstić information content (AvgIpc) is 2.33. The van der Waals surface area contributed by atoms with Crippen LogP contribution < -0.4 is 0 Å². The highest BCUT2D eigenvalue weighted by Gasteiger charge is 2.41. The Morgan fingerprint density at radius 1 is 1.23 bits per heavy atom. The fourth-order valence-corrected chi connectivity index (χ4v) is 2.28. The van der Waals surface area contributed by atoms with E-state index in [1.807, 2.05) is 0 Å². The van der Waals surface area contributed by atoms with E-state index in [1.54, 1.807) is 0 Å². The predicted octanol–water partition coefficient (Wildman–Crippen LogP) is 0.383. The molecule has 3 nitrogen and oxygen atoms in total. The maximum atomic E-state index is 9.69. The topological polar surface area (TPSA) is 60.7 Å². The minimum Gasteiger partial charge on any atom is -0.396 e. The van der Waals surface area contributed by atoms with E-state index in [4.69, 9.17) is 5.11 Å². The highest BCUT2D eigenvalue weighted by molar-refractivity contribution is 4.91. The van der Waals surface area contributed by atoms with Gasteiger partial charge in [-0.25, -0.2) is 0 Å². The first-order valence-electron chi connectivity index (χ1n) is 5.05. The Labute approximate surface area is 79.4 Å². The van der Waals surface area contributed by atoms with Gasteiger partial charge >= 0.3 is 0 Å². The maximum Gasteiger partial charge on any atom is 0.0832 e. The molecule has 4 atom stereocenters. The Balaban J connectivity index is 2.56. The first-order chi connectivity index (χ1) is 6.07. The van der Waals surface area contributed by atoms with Gasteiger partial charge in [-0.15, -0.1) is 0 Å². The third kappa shape index (κ3) is 2.22. The zero-order chi connectivity index (χ0) is 10.0. The van der Waals surface area contributed by atoms with Gasteiger partial charge in [-0.05, 0) is 30.6 Å². The molecular weight excluding hydrogens is 168 g/mol. The summed E-state index contributed by atoms with van der Waals surface area (Å²) in [4.78, 5) is 0. The minimum atomic E-state index is -0.639. The molecule has 0 aromatic carbocycles. The second kappa shape index (κ2) is 4.40. The average molecular weight is 188 g/mol. The van der Waals surface area contributed by atoms with Crippen LogP contribution in [0.5, 0.6) is 0 Å². The SMILES string of the molecule is CC(C)[C@@H]1C[C@H](CCO)[C@@H](O)[C@H]1O. The molecule has 1 aliphatic carbocycles. The van der Waals surface area contributed by atoms with Crippen LogP contribution in [0.1, 0.15) is 26.7 Å². The fourth-order valence-electron chi connectivity index (χ4n) is 2.28. The van der Waals surface area contributed by atoms with Gasteiger partial charge in [-0.2, -0.15) is 0 Å². The monoisotopic (exact) mass is 188 g/mol. The quantitative estimate of drug-likeness (QED) is 0.600. The van der Waals surface area contributed by atoms with Crippen LogP contribution in [0.2, 0.25) is 0 Å². The Morgan fingerprint density at radius 3 is 2.23 bits per heavy atom. The van der Waals surface area contributed by atoms with Crippen molar-refractivity contribution in [3.05, 3.63) is 0 Å². The first kappa shape index (κ1) is 11.0. The van der Waals surface area contributed by atoms with E-state index in [0.717, 1.165) is 6.42 Å². The molecular formula is C10H20O3. The van der Waals surface area contributed by atoms with Crippen molar-refractivity contribution in [2.45, 2.75) is 38.9 Å². The standard InChI is InChI=1S/C10H20O3/c1-6(2)8-5-7(3-4-11)9(12)10(8)13/h6-13H,3-5H2,1-2H3/t7-,8-,9+,10-/m0/s1. The zero-order valence-electron chi connectivity index (χ0n) is 8.35. The molecule has 0 bridgehead atoms. The van der Waals surface area contributed by atoms with Crippen LogP contribution in [0.15, 0.2) is 0 Å². The van der Waals surface area contributed by atoms with Gasteiger partial charge < -0.3 is 15.3 Å². The van der Waals surface area contributed by atoms with E-state index >= 15 is 0 Å². The molecule has 0 amide bonds. The van der Waals surface area contributed by atoms with Gasteiger partial charge in [-0.3, -0.25) is 0 Å². The molecule has 0 spiro atoms. The van der Waals surface area contributed by atoms with Gasteiger partial charge in [-0.1, -0.05) is 13.8 Å². The lowest BCUT2D eigenvalue weighted by molar-refractivity contribution is -0.00680. The molecule has 0 unspecified atom stereocenters. The van der Waals surface area contributed by atoms with E-state index in [2.05, 4.69) is 13.8 Å². The van der Waals surface area contributed by atoms with Gasteiger partial charge in [0.15, 0.2) is 0 Å². The van der Waals surface area contributed by atoms with Crippen LogP contribution in [0, 0.1) is 17.8 Å². The molecule has 1 fully saturated rings. The van der Waals surface area contributed by atoms with Crippen LogP contribution in [0.4, 0.5) is 0 Å². The lowest BCUT2D eigenvalue weighted by atomic mass is 9.91. The van der Waals surface area contributed by atoms with Gasteiger partial charge in [0.25, 0.3) is 0 Å². The van der Waals surface area contributed by atoms with Crippen LogP contribution in [0.3, 0.4) is 0 Å². The minimum absolute atomic E-state index is 0.0763. The van der Waals surface area contributed by atoms with Crippen molar-refractivity contribution in [1.29, 1.82) is 0 Å². The Bertz CT molecular complexity index is 158. The van der Waals surface area contributed by atoms with E-state index in [9.17, 15) is 10.2 Å². The molecule has 0 aromatic rings. The van der Waals surface area contributed by atoms with Crippen molar-refractivity contribution in [3.63, 3.8) is 0 Å². The predicted molar refractivity (Wildman–Crippen MR) is 50.2 cm³/mol. The smallest absolute Gasteiger partial charge is 0.0832 e. The molecule has 0 radical (unpaired) electrons. The molecule has 3 heteroatoms. The van der Waals surface area contributed by atoms with Gasteiger partial charge in [0.05, 0.1) is 12.2 Å². The summed E-state index contributed by atoms with van der Waals surface area (Å²) in [6.45, 7) is 4.21. The summed E-state index contributed by atoms with van der Waals surface area (Å²) in [7, 11) is 0. The molecule has 0 heterocycles. The van der Waals surface area contributed by atoms with Crippen molar-refractivity contribution in [2.24, 2.45) is 17.8 Å². The Kier molecular flexibility index (Phi) is 3.71. The molecule has 13 heavy (non-hydrogen) atoms. The Morgan fingerprint density at radius 2 is 1.85 bits per heavy atom. The van der Waals surface area contributed by atoms with E-state index < -0.39 is 12.2 Å². The number of hydrogen-bond donors (Lipinski definition) is 3. The Hall–Kier alpha value is -0.120. The van der Waals surface area contributed by atoms with E-state index in [0.29, 0.717) is 12.3 Å². The number of aliphatic hydroxyl groups excluding tert-OH is 3. The molecule has 0 saturated heterocycles. The number of aliphatic hydroxyl groups is 3.